The molecule has 2 aliphatic carbocycles. The van der Waals surface area contributed by atoms with Gasteiger partial charge in [-0.05, 0) is 25.7 Å². The molecule has 0 N–H and O–H groups in total. The van der Waals surface area contributed by atoms with Crippen LogP contribution in [0.4, 0.5) is 0 Å². The molecule has 3 nitrogen and oxygen atoms in total. The summed E-state index contributed by atoms with van der Waals surface area (Å²) in [6.45, 7) is 16.8. The largest absolute Gasteiger partial charge is 2.00 e. The Balaban J connectivity index is 0.000000310. The van der Waals surface area contributed by atoms with Gasteiger partial charge in [0.1, 0.15) is 0 Å². The summed E-state index contributed by atoms with van der Waals surface area (Å²) in [5.74, 6) is 0. The number of hydrogen-bond donors (Lipinski definition) is 0. The van der Waals surface area contributed by atoms with Crippen molar-refractivity contribution in [2.45, 2.75) is 102 Å². The molecule has 0 unspecified atom stereocenters. The van der Waals surface area contributed by atoms with Crippen LogP contribution in [0.3, 0.4) is 0 Å². The van der Waals surface area contributed by atoms with Gasteiger partial charge in [-0.1, -0.05) is 64.7 Å². The number of rotatable bonds is 6. The van der Waals surface area contributed by atoms with Gasteiger partial charge in [0.15, 0.2) is 0 Å². The zero-order chi connectivity index (χ0) is 20.6. The van der Waals surface area contributed by atoms with Crippen molar-refractivity contribution >= 4 is 16.6 Å². The van der Waals surface area contributed by atoms with Crippen LogP contribution in [0.15, 0.2) is 25.6 Å². The predicted molar refractivity (Wildman–Crippen MR) is 125 cm³/mol. The Bertz CT molecular complexity index is 483. The van der Waals surface area contributed by atoms with Crippen LogP contribution in [0.5, 0.6) is 0 Å². The van der Waals surface area contributed by atoms with Crippen LogP contribution >= 0.6 is 0 Å². The third kappa shape index (κ3) is 9.28. The Labute approximate surface area is 197 Å². The van der Waals surface area contributed by atoms with Gasteiger partial charge in [-0.2, -0.15) is 0 Å². The molecule has 0 saturated heterocycles. The summed E-state index contributed by atoms with van der Waals surface area (Å²) in [5.41, 5.74) is 5.93. The van der Waals surface area contributed by atoms with Gasteiger partial charge >= 0.3 is 21.1 Å². The van der Waals surface area contributed by atoms with Gasteiger partial charge in [-0.25, -0.2) is 0 Å². The fraction of sp³-hybridized carbons (Fsp3) is 0.739. The van der Waals surface area contributed by atoms with Gasteiger partial charge in [0.05, 0.1) is 6.67 Å². The maximum Gasteiger partial charge on any atom is 2.00 e. The first kappa shape index (κ1) is 26.9. The average Bonchev–Trinajstić information content (AvgIpc) is 3.19. The van der Waals surface area contributed by atoms with Crippen molar-refractivity contribution in [2.75, 3.05) is 6.67 Å². The average molecular weight is 614 g/mol. The van der Waals surface area contributed by atoms with Gasteiger partial charge in [-0.15, -0.1) is 0 Å². The Hall–Kier alpha value is -0.0979. The Morgan fingerprint density at radius 3 is 1.38 bits per heavy atom. The van der Waals surface area contributed by atoms with Crippen molar-refractivity contribution in [3.63, 3.8) is 0 Å². The molecule has 0 aromatic rings. The van der Waals surface area contributed by atoms with Crippen LogP contribution in [0.2, 0.25) is 26.2 Å². The van der Waals surface area contributed by atoms with Crippen LogP contribution < -0.4 is 0 Å². The summed E-state index contributed by atoms with van der Waals surface area (Å²) in [5, 5.41) is 0. The van der Waals surface area contributed by atoms with Gasteiger partial charge in [0.2, 0.25) is 0 Å². The van der Waals surface area contributed by atoms with Gasteiger partial charge < -0.3 is 25.3 Å². The molecule has 3 rings (SSSR count). The third-order valence-electron chi connectivity index (χ3n) is 6.23. The number of nitrogens with zero attached hydrogens (tertiary/aromatic N) is 2. The van der Waals surface area contributed by atoms with E-state index >= 15 is 0 Å². The molecule has 0 radical (unpaired) electrons. The second-order valence-electron chi connectivity index (χ2n) is 9.53. The monoisotopic (exact) mass is 613 g/mol. The Kier molecular flexibility index (Phi) is 11.8. The molecular weight excluding hydrogens is 572 g/mol. The van der Waals surface area contributed by atoms with E-state index in [1.54, 1.807) is 0 Å². The molecule has 0 atom stereocenters. The molecule has 29 heavy (non-hydrogen) atoms. The zero-order valence-corrected chi connectivity index (χ0v) is 23.4. The molecule has 0 bridgehead atoms. The second kappa shape index (κ2) is 12.7. The smallest absolute Gasteiger partial charge is 0.506 e. The van der Waals surface area contributed by atoms with Crippen LogP contribution in [0.1, 0.15) is 64.2 Å². The first-order chi connectivity index (χ1) is 13.3. The summed E-state index contributed by atoms with van der Waals surface area (Å²) in [4.78, 5) is 5.21. The van der Waals surface area contributed by atoms with Crippen molar-refractivity contribution in [3.05, 3.63) is 37.0 Å². The van der Waals surface area contributed by atoms with Crippen LogP contribution in [-0.4, -0.2) is 45.2 Å². The van der Waals surface area contributed by atoms with E-state index in [2.05, 4.69) is 72.9 Å². The van der Waals surface area contributed by atoms with Gasteiger partial charge in [0, 0.05) is 41.1 Å². The third-order valence-corrected chi connectivity index (χ3v) is 12.0. The van der Waals surface area contributed by atoms with Crippen LogP contribution in [0, 0.1) is 11.4 Å². The molecule has 1 heterocycles. The molecule has 1 aliphatic heterocycles. The minimum absolute atomic E-state index is 0. The van der Waals surface area contributed by atoms with E-state index in [-0.39, 0.29) is 21.1 Å². The van der Waals surface area contributed by atoms with E-state index in [1.165, 1.54) is 70.9 Å². The maximum atomic E-state index is 5.85. The maximum absolute atomic E-state index is 5.85. The van der Waals surface area contributed by atoms with Gasteiger partial charge in [-0.3, -0.25) is 13.2 Å². The van der Waals surface area contributed by atoms with Crippen molar-refractivity contribution < 1.29 is 25.2 Å². The van der Waals surface area contributed by atoms with E-state index in [4.69, 9.17) is 4.12 Å². The topological polar surface area (TPSA) is 15.7 Å². The van der Waals surface area contributed by atoms with Crippen molar-refractivity contribution in [1.82, 2.24) is 9.80 Å². The first-order valence-corrected chi connectivity index (χ1v) is 17.1. The Morgan fingerprint density at radius 1 is 0.724 bits per heavy atom. The summed E-state index contributed by atoms with van der Waals surface area (Å²) in [7, 11) is -3.47. The minimum atomic E-state index is -1.74. The first-order valence-electron chi connectivity index (χ1n) is 11.2. The SMILES string of the molecule is C1=CN(C2CCCCC2)CN1C1CCCCC1.C=[C-][Si](C)(C)O[Si](C)(C)[C-]=C.[Pt+2]. The molecule has 0 aromatic carbocycles. The summed E-state index contributed by atoms with van der Waals surface area (Å²) >= 11 is 0. The second-order valence-corrected chi connectivity index (χ2v) is 17.1. The van der Waals surface area contributed by atoms with Gasteiger partial charge in [0.25, 0.3) is 0 Å². The molecule has 2 fully saturated rings. The van der Waals surface area contributed by atoms with Crippen molar-refractivity contribution in [3.8, 4) is 0 Å². The van der Waals surface area contributed by atoms with E-state index < -0.39 is 16.6 Å². The standard InChI is InChI=1S/C15H26N2.C8H16OSi2.Pt/c1-3-7-14(8-4-1)16-11-12-17(13-16)15-9-5-2-6-10-15;1-7-10(3,4)9-11(5,6)8-2;/h11-12,14-15H,1-10,13H2;1-2H2,3-6H3;/q;-2;+2. The zero-order valence-electron chi connectivity index (χ0n) is 19.1. The van der Waals surface area contributed by atoms with E-state index in [0.29, 0.717) is 0 Å². The molecule has 6 heteroatoms. The van der Waals surface area contributed by atoms with Crippen LogP contribution in [0.25, 0.3) is 0 Å². The van der Waals surface area contributed by atoms with Crippen molar-refractivity contribution in [2.24, 2.45) is 0 Å². The molecule has 168 valence electrons. The Morgan fingerprint density at radius 2 is 1.07 bits per heavy atom. The van der Waals surface area contributed by atoms with Crippen LogP contribution in [-0.2, 0) is 25.2 Å². The normalized spacial score (nSPS) is 21.2. The summed E-state index contributed by atoms with van der Waals surface area (Å²) in [6, 6.07) is 1.68. The van der Waals surface area contributed by atoms with E-state index in [9.17, 15) is 0 Å². The molecule has 0 amide bonds. The fourth-order valence-corrected chi connectivity index (χ4v) is 10.1. The quantitative estimate of drug-likeness (QED) is 0.264. The molecule has 3 aliphatic rings. The summed E-state index contributed by atoms with van der Waals surface area (Å²) in [6.07, 6.45) is 19.1. The van der Waals surface area contributed by atoms with E-state index in [0.717, 1.165) is 12.1 Å². The van der Waals surface area contributed by atoms with E-state index in [1.807, 2.05) is 0 Å². The molecule has 2 saturated carbocycles. The molecular formula is C23H42N2OPtSi2. The fourth-order valence-electron chi connectivity index (χ4n) is 4.46. The number of hydrogen-bond acceptors (Lipinski definition) is 3. The minimum Gasteiger partial charge on any atom is -0.506 e. The molecule has 0 aromatic heterocycles. The summed E-state index contributed by atoms with van der Waals surface area (Å²) < 4.78 is 5.85. The predicted octanol–water partition coefficient (Wildman–Crippen LogP) is 6.17. The molecule has 0 spiro atoms. The van der Waals surface area contributed by atoms with Crippen molar-refractivity contribution in [1.29, 1.82) is 0 Å².